The molecule has 0 bridgehead atoms. The van der Waals surface area contributed by atoms with E-state index in [0.717, 1.165) is 46.6 Å². The molecule has 1 saturated carbocycles. The summed E-state index contributed by atoms with van der Waals surface area (Å²) in [5.74, 6) is 0.769. The maximum atomic E-state index is 11.5. The van der Waals surface area contributed by atoms with Gasteiger partial charge in [-0.3, -0.25) is 0 Å². The van der Waals surface area contributed by atoms with Gasteiger partial charge in [0.2, 0.25) is 0 Å². The average molecular weight is 441 g/mol. The lowest BCUT2D eigenvalue weighted by molar-refractivity contribution is 0.0697. The lowest BCUT2D eigenvalue weighted by Crippen LogP contribution is -2.14. The maximum absolute atomic E-state index is 11.5. The summed E-state index contributed by atoms with van der Waals surface area (Å²) in [6.45, 7) is 2.05. The Bertz CT molecular complexity index is 1260. The lowest BCUT2D eigenvalue weighted by atomic mass is 9.95. The van der Waals surface area contributed by atoms with Crippen LogP contribution < -0.4 is 4.74 Å². The van der Waals surface area contributed by atoms with Crippen molar-refractivity contribution in [1.29, 1.82) is 0 Å². The largest absolute Gasteiger partial charge is 0.486 e. The van der Waals surface area contributed by atoms with E-state index in [1.165, 1.54) is 19.3 Å². The molecule has 3 aromatic carbocycles. The summed E-state index contributed by atoms with van der Waals surface area (Å²) >= 11 is 0. The molecule has 1 heterocycles. The van der Waals surface area contributed by atoms with Crippen LogP contribution in [0, 0.1) is 0 Å². The van der Waals surface area contributed by atoms with Gasteiger partial charge in [0.1, 0.15) is 17.7 Å². The normalized spacial score (nSPS) is 15.4. The molecule has 33 heavy (non-hydrogen) atoms. The Morgan fingerprint density at radius 2 is 1.73 bits per heavy atom. The molecule has 168 valence electrons. The van der Waals surface area contributed by atoms with Crippen LogP contribution in [0.4, 0.5) is 0 Å². The highest BCUT2D eigenvalue weighted by molar-refractivity contribution is 5.93. The number of hydrogen-bond acceptors (Lipinski definition) is 3. The summed E-state index contributed by atoms with van der Waals surface area (Å²) in [6.07, 6.45) is 5.89. The predicted octanol–water partition coefficient (Wildman–Crippen LogP) is 7.05. The SMILES string of the molecule is CC(Oc1ccc(-c2nc3cc(C(=O)O)ccc3n2C2CCCCC2)cc1)c1ccccc1. The van der Waals surface area contributed by atoms with Crippen molar-refractivity contribution in [2.45, 2.75) is 51.2 Å². The number of aromatic nitrogens is 2. The summed E-state index contributed by atoms with van der Waals surface area (Å²) in [5.41, 5.74) is 4.14. The van der Waals surface area contributed by atoms with Gasteiger partial charge in [0.15, 0.2) is 0 Å². The predicted molar refractivity (Wildman–Crippen MR) is 130 cm³/mol. The first-order chi connectivity index (χ1) is 16.1. The highest BCUT2D eigenvalue weighted by atomic mass is 16.5. The summed E-state index contributed by atoms with van der Waals surface area (Å²) in [6, 6.07) is 23.9. The molecule has 1 aliphatic rings. The number of rotatable bonds is 6. The van der Waals surface area contributed by atoms with Gasteiger partial charge < -0.3 is 14.4 Å². The van der Waals surface area contributed by atoms with Crippen molar-refractivity contribution in [3.63, 3.8) is 0 Å². The van der Waals surface area contributed by atoms with Crippen molar-refractivity contribution in [2.24, 2.45) is 0 Å². The summed E-state index contributed by atoms with van der Waals surface area (Å²) in [4.78, 5) is 16.4. The summed E-state index contributed by atoms with van der Waals surface area (Å²) in [7, 11) is 0. The van der Waals surface area contributed by atoms with E-state index in [1.54, 1.807) is 12.1 Å². The van der Waals surface area contributed by atoms with E-state index < -0.39 is 5.97 Å². The second-order valence-electron chi connectivity index (χ2n) is 8.80. The quantitative estimate of drug-likeness (QED) is 0.349. The molecule has 1 aliphatic carbocycles. The molecule has 0 aliphatic heterocycles. The van der Waals surface area contributed by atoms with Crippen LogP contribution in [0.3, 0.4) is 0 Å². The molecule has 1 N–H and O–H groups in total. The van der Waals surface area contributed by atoms with Gasteiger partial charge in [-0.1, -0.05) is 49.6 Å². The van der Waals surface area contributed by atoms with Gasteiger partial charge in [0.25, 0.3) is 0 Å². The van der Waals surface area contributed by atoms with Crippen LogP contribution in [-0.4, -0.2) is 20.6 Å². The fourth-order valence-corrected chi connectivity index (χ4v) is 4.82. The molecule has 4 aromatic rings. The van der Waals surface area contributed by atoms with Crippen molar-refractivity contribution < 1.29 is 14.6 Å². The summed E-state index contributed by atoms with van der Waals surface area (Å²) < 4.78 is 8.47. The molecular weight excluding hydrogens is 412 g/mol. The van der Waals surface area contributed by atoms with Gasteiger partial charge in [-0.25, -0.2) is 9.78 Å². The van der Waals surface area contributed by atoms with Crippen LogP contribution in [0.5, 0.6) is 5.75 Å². The highest BCUT2D eigenvalue weighted by Gasteiger charge is 2.23. The van der Waals surface area contributed by atoms with Crippen LogP contribution in [0.15, 0.2) is 72.8 Å². The van der Waals surface area contributed by atoms with Crippen molar-refractivity contribution in [3.8, 4) is 17.1 Å². The maximum Gasteiger partial charge on any atom is 0.335 e. The standard InChI is InChI=1S/C28H28N2O3/c1-19(20-8-4-2-5-9-20)33-24-15-12-21(13-16-24)27-29-25-18-22(28(31)32)14-17-26(25)30(27)23-10-6-3-7-11-23/h2,4-5,8-9,12-19,23H,3,6-7,10-11H2,1H3,(H,31,32). The molecule has 1 fully saturated rings. The van der Waals surface area contributed by atoms with E-state index in [9.17, 15) is 9.90 Å². The molecule has 0 saturated heterocycles. The van der Waals surface area contributed by atoms with Crippen molar-refractivity contribution in [1.82, 2.24) is 9.55 Å². The average Bonchev–Trinajstić information content (AvgIpc) is 3.24. The van der Waals surface area contributed by atoms with Gasteiger partial charge in [-0.2, -0.15) is 0 Å². The van der Waals surface area contributed by atoms with Crippen LogP contribution in [0.25, 0.3) is 22.4 Å². The van der Waals surface area contributed by atoms with Gasteiger partial charge >= 0.3 is 5.97 Å². The molecule has 5 heteroatoms. The first kappa shape index (κ1) is 21.3. The number of aromatic carboxylic acids is 1. The number of hydrogen-bond donors (Lipinski definition) is 1. The Balaban J connectivity index is 1.49. The number of fused-ring (bicyclic) bond motifs is 1. The minimum Gasteiger partial charge on any atom is -0.486 e. The molecule has 5 rings (SSSR count). The van der Waals surface area contributed by atoms with E-state index in [-0.39, 0.29) is 11.7 Å². The zero-order chi connectivity index (χ0) is 22.8. The fraction of sp³-hybridized carbons (Fsp3) is 0.286. The molecule has 0 radical (unpaired) electrons. The molecule has 1 aromatic heterocycles. The number of imidazole rings is 1. The Hall–Kier alpha value is -3.60. The van der Waals surface area contributed by atoms with Crippen molar-refractivity contribution >= 4 is 17.0 Å². The molecular formula is C28H28N2O3. The first-order valence-electron chi connectivity index (χ1n) is 11.7. The third kappa shape index (κ3) is 4.36. The number of nitrogens with zero attached hydrogens (tertiary/aromatic N) is 2. The fourth-order valence-electron chi connectivity index (χ4n) is 4.82. The molecule has 1 unspecified atom stereocenters. The van der Waals surface area contributed by atoms with E-state index in [0.29, 0.717) is 6.04 Å². The zero-order valence-electron chi connectivity index (χ0n) is 18.8. The smallest absolute Gasteiger partial charge is 0.335 e. The molecule has 5 nitrogen and oxygen atoms in total. The van der Waals surface area contributed by atoms with Crippen molar-refractivity contribution in [3.05, 3.63) is 83.9 Å². The zero-order valence-corrected chi connectivity index (χ0v) is 18.8. The highest BCUT2D eigenvalue weighted by Crippen LogP contribution is 2.36. The van der Waals surface area contributed by atoms with Crippen LogP contribution in [-0.2, 0) is 0 Å². The lowest BCUT2D eigenvalue weighted by Gasteiger charge is -2.25. The monoisotopic (exact) mass is 440 g/mol. The third-order valence-corrected chi connectivity index (χ3v) is 6.57. The van der Waals surface area contributed by atoms with Gasteiger partial charge in [0, 0.05) is 11.6 Å². The topological polar surface area (TPSA) is 64.3 Å². The van der Waals surface area contributed by atoms with E-state index in [4.69, 9.17) is 9.72 Å². The number of carboxylic acid groups (broad SMARTS) is 1. The first-order valence-corrected chi connectivity index (χ1v) is 11.7. The molecule has 0 spiro atoms. The van der Waals surface area contributed by atoms with E-state index in [1.807, 2.05) is 55.5 Å². The summed E-state index contributed by atoms with van der Waals surface area (Å²) in [5, 5.41) is 9.42. The van der Waals surface area contributed by atoms with Crippen LogP contribution >= 0.6 is 0 Å². The Morgan fingerprint density at radius 1 is 1.00 bits per heavy atom. The molecule has 1 atom stereocenters. The third-order valence-electron chi connectivity index (χ3n) is 6.57. The van der Waals surface area contributed by atoms with Crippen LogP contribution in [0.1, 0.15) is 67.1 Å². The van der Waals surface area contributed by atoms with Gasteiger partial charge in [0.05, 0.1) is 16.6 Å². The minimum atomic E-state index is -0.931. The Kier molecular flexibility index (Phi) is 5.86. The van der Waals surface area contributed by atoms with Crippen molar-refractivity contribution in [2.75, 3.05) is 0 Å². The Morgan fingerprint density at radius 3 is 2.42 bits per heavy atom. The minimum absolute atomic E-state index is 0.0432. The number of carbonyl (C=O) groups is 1. The Labute approximate surface area is 193 Å². The second-order valence-corrected chi connectivity index (χ2v) is 8.80. The number of benzene rings is 3. The molecule has 0 amide bonds. The number of carboxylic acids is 1. The van der Waals surface area contributed by atoms with E-state index in [2.05, 4.69) is 16.7 Å². The second kappa shape index (κ2) is 9.10. The van der Waals surface area contributed by atoms with Gasteiger partial charge in [-0.05, 0) is 67.8 Å². The van der Waals surface area contributed by atoms with Crippen LogP contribution in [0.2, 0.25) is 0 Å². The van der Waals surface area contributed by atoms with Gasteiger partial charge in [-0.15, -0.1) is 0 Å². The number of ether oxygens (including phenoxy) is 1. The van der Waals surface area contributed by atoms with E-state index >= 15 is 0 Å².